The molecule has 30 heavy (non-hydrogen) atoms. The molecule has 5 heteroatoms. The van der Waals surface area contributed by atoms with Crippen molar-refractivity contribution in [2.24, 2.45) is 0 Å². The summed E-state index contributed by atoms with van der Waals surface area (Å²) in [5, 5.41) is 10.0. The number of ether oxygens (including phenoxy) is 2. The molecule has 0 aliphatic carbocycles. The highest BCUT2D eigenvalue weighted by molar-refractivity contribution is 9.10. The van der Waals surface area contributed by atoms with E-state index in [-0.39, 0.29) is 18.1 Å². The maximum absolute atomic E-state index is 13.1. The van der Waals surface area contributed by atoms with Gasteiger partial charge < -0.3 is 9.47 Å². The lowest BCUT2D eigenvalue weighted by Gasteiger charge is -2.23. The minimum Gasteiger partial charge on any atom is -0.497 e. The van der Waals surface area contributed by atoms with Gasteiger partial charge in [0.1, 0.15) is 11.5 Å². The summed E-state index contributed by atoms with van der Waals surface area (Å²) < 4.78 is 11.4. The molecule has 0 amide bonds. The summed E-state index contributed by atoms with van der Waals surface area (Å²) in [6, 6.07) is 24.7. The normalized spacial score (nSPS) is 12.5. The first-order valence-corrected chi connectivity index (χ1v) is 10.3. The zero-order valence-corrected chi connectivity index (χ0v) is 18.4. The molecular weight excluding hydrogens is 442 g/mol. The predicted octanol–water partition coefficient (Wildman–Crippen LogP) is 6.13. The van der Waals surface area contributed by atoms with Gasteiger partial charge in [-0.15, -0.1) is 0 Å². The Kier molecular flexibility index (Phi) is 7.26. The van der Waals surface area contributed by atoms with Crippen molar-refractivity contribution < 1.29 is 14.3 Å². The van der Waals surface area contributed by atoms with Crippen molar-refractivity contribution in [1.82, 2.24) is 0 Å². The van der Waals surface area contributed by atoms with Crippen LogP contribution in [0.1, 0.15) is 39.7 Å². The number of rotatable bonds is 8. The third-order valence-electron chi connectivity index (χ3n) is 5.13. The van der Waals surface area contributed by atoms with Crippen molar-refractivity contribution in [3.63, 3.8) is 0 Å². The Morgan fingerprint density at radius 3 is 1.87 bits per heavy atom. The molecule has 0 spiro atoms. The van der Waals surface area contributed by atoms with Crippen molar-refractivity contribution in [1.29, 1.82) is 5.26 Å². The number of nitriles is 1. The van der Waals surface area contributed by atoms with Gasteiger partial charge in [-0.05, 0) is 59.7 Å². The molecule has 0 aromatic heterocycles. The monoisotopic (exact) mass is 463 g/mol. The zero-order chi connectivity index (χ0) is 21.5. The van der Waals surface area contributed by atoms with Gasteiger partial charge in [0.2, 0.25) is 0 Å². The molecule has 0 N–H and O–H groups in total. The number of Topliss-reactive ketones (excluding diaryl/α,β-unsaturated/α-hetero) is 1. The summed E-state index contributed by atoms with van der Waals surface area (Å²) in [5.41, 5.74) is 2.40. The molecule has 0 saturated heterocycles. The van der Waals surface area contributed by atoms with E-state index in [1.54, 1.807) is 38.5 Å². The first-order chi connectivity index (χ1) is 14.5. The molecule has 4 nitrogen and oxygen atoms in total. The molecular formula is C25H22BrNO3. The first-order valence-electron chi connectivity index (χ1n) is 9.52. The minimum absolute atomic E-state index is 0.0177. The fourth-order valence-electron chi connectivity index (χ4n) is 3.44. The van der Waals surface area contributed by atoms with Crippen molar-refractivity contribution in [2.75, 3.05) is 14.2 Å². The van der Waals surface area contributed by atoms with E-state index in [0.717, 1.165) is 21.3 Å². The molecule has 0 bridgehead atoms. The smallest absolute Gasteiger partial charge is 0.163 e. The van der Waals surface area contributed by atoms with Crippen molar-refractivity contribution >= 4 is 21.7 Å². The van der Waals surface area contributed by atoms with Gasteiger partial charge in [0.25, 0.3) is 0 Å². The van der Waals surface area contributed by atoms with Gasteiger partial charge in [0, 0.05) is 22.4 Å². The summed E-state index contributed by atoms with van der Waals surface area (Å²) in [6.45, 7) is 0. The summed E-state index contributed by atoms with van der Waals surface area (Å²) in [4.78, 5) is 13.1. The first kappa shape index (κ1) is 21.6. The van der Waals surface area contributed by atoms with E-state index >= 15 is 0 Å². The lowest BCUT2D eigenvalue weighted by Crippen LogP contribution is -2.15. The highest BCUT2D eigenvalue weighted by atomic mass is 79.9. The number of halogens is 1. The number of benzene rings is 3. The Balaban J connectivity index is 1.96. The maximum atomic E-state index is 13.1. The molecule has 0 unspecified atom stereocenters. The van der Waals surface area contributed by atoms with Gasteiger partial charge in [-0.25, -0.2) is 0 Å². The summed E-state index contributed by atoms with van der Waals surface area (Å²) >= 11 is 3.44. The molecule has 0 radical (unpaired) electrons. The van der Waals surface area contributed by atoms with Crippen LogP contribution in [0.5, 0.6) is 11.5 Å². The summed E-state index contributed by atoms with van der Waals surface area (Å²) in [6.07, 6.45) is 0.215. The number of carbonyl (C=O) groups excluding carboxylic acids is 1. The molecule has 152 valence electrons. The van der Waals surface area contributed by atoms with Gasteiger partial charge in [0.15, 0.2) is 5.78 Å². The van der Waals surface area contributed by atoms with Crippen LogP contribution >= 0.6 is 15.9 Å². The van der Waals surface area contributed by atoms with E-state index in [4.69, 9.17) is 9.47 Å². The Morgan fingerprint density at radius 2 is 1.37 bits per heavy atom. The summed E-state index contributed by atoms with van der Waals surface area (Å²) in [7, 11) is 3.20. The molecule has 0 saturated carbocycles. The van der Waals surface area contributed by atoms with Crippen LogP contribution in [-0.2, 0) is 0 Å². The number of carbonyl (C=O) groups is 1. The van der Waals surface area contributed by atoms with Crippen LogP contribution in [0.25, 0.3) is 0 Å². The SMILES string of the molecule is COc1ccc(C(=O)C[C@H](c2ccc(OC)cc2)[C@H](C#N)c2ccc(Br)cc2)cc1. The Bertz CT molecular complexity index is 1020. The van der Waals surface area contributed by atoms with E-state index in [1.807, 2.05) is 48.5 Å². The predicted molar refractivity (Wildman–Crippen MR) is 120 cm³/mol. The lowest BCUT2D eigenvalue weighted by molar-refractivity contribution is 0.0971. The standard InChI is InChI=1S/C25H22BrNO3/c1-29-21-11-5-17(6-12-21)23(24(16-27)18-3-9-20(26)10-4-18)15-25(28)19-7-13-22(30-2)14-8-19/h3-14,23-24H,15H2,1-2H3/t23-,24-/m1/s1. The molecule has 0 fully saturated rings. The average Bonchev–Trinajstić information content (AvgIpc) is 2.80. The number of hydrogen-bond acceptors (Lipinski definition) is 4. The Labute approximate surface area is 185 Å². The van der Waals surface area contributed by atoms with Crippen LogP contribution in [0.4, 0.5) is 0 Å². The highest BCUT2D eigenvalue weighted by Gasteiger charge is 2.28. The molecule has 0 heterocycles. The molecule has 2 atom stereocenters. The van der Waals surface area contributed by atoms with E-state index in [9.17, 15) is 10.1 Å². The van der Waals surface area contributed by atoms with Crippen LogP contribution in [0.2, 0.25) is 0 Å². The third kappa shape index (κ3) is 5.08. The van der Waals surface area contributed by atoms with E-state index in [0.29, 0.717) is 11.3 Å². The molecule has 0 aliphatic rings. The van der Waals surface area contributed by atoms with Gasteiger partial charge in [0.05, 0.1) is 26.2 Å². The molecule has 0 aliphatic heterocycles. The third-order valence-corrected chi connectivity index (χ3v) is 5.66. The van der Waals surface area contributed by atoms with Gasteiger partial charge >= 0.3 is 0 Å². The Hall–Kier alpha value is -3.10. The second-order valence-electron chi connectivity index (χ2n) is 6.89. The van der Waals surface area contributed by atoms with Crippen LogP contribution in [-0.4, -0.2) is 20.0 Å². The van der Waals surface area contributed by atoms with Crippen LogP contribution in [0, 0.1) is 11.3 Å². The van der Waals surface area contributed by atoms with Crippen LogP contribution in [0.15, 0.2) is 77.3 Å². The highest BCUT2D eigenvalue weighted by Crippen LogP contribution is 2.37. The average molecular weight is 464 g/mol. The number of nitrogens with zero attached hydrogens (tertiary/aromatic N) is 1. The van der Waals surface area contributed by atoms with Gasteiger partial charge in [-0.2, -0.15) is 5.26 Å². The fourth-order valence-corrected chi connectivity index (χ4v) is 3.71. The van der Waals surface area contributed by atoms with E-state index in [1.165, 1.54) is 0 Å². The molecule has 3 rings (SSSR count). The van der Waals surface area contributed by atoms with Crippen LogP contribution < -0.4 is 9.47 Å². The van der Waals surface area contributed by atoms with Crippen LogP contribution in [0.3, 0.4) is 0 Å². The number of methoxy groups -OCH3 is 2. The lowest BCUT2D eigenvalue weighted by atomic mass is 9.78. The topological polar surface area (TPSA) is 59.3 Å². The summed E-state index contributed by atoms with van der Waals surface area (Å²) in [5.74, 6) is 0.653. The largest absolute Gasteiger partial charge is 0.497 e. The number of ketones is 1. The van der Waals surface area contributed by atoms with E-state index < -0.39 is 5.92 Å². The van der Waals surface area contributed by atoms with E-state index in [2.05, 4.69) is 22.0 Å². The second kappa shape index (κ2) is 10.1. The van der Waals surface area contributed by atoms with Crippen molar-refractivity contribution in [2.45, 2.75) is 18.3 Å². The molecule has 3 aromatic rings. The number of hydrogen-bond donors (Lipinski definition) is 0. The van der Waals surface area contributed by atoms with Gasteiger partial charge in [-0.3, -0.25) is 4.79 Å². The second-order valence-corrected chi connectivity index (χ2v) is 7.81. The molecule has 3 aromatic carbocycles. The maximum Gasteiger partial charge on any atom is 0.163 e. The minimum atomic E-state index is -0.464. The van der Waals surface area contributed by atoms with Gasteiger partial charge in [-0.1, -0.05) is 40.2 Å². The quantitative estimate of drug-likeness (QED) is 0.377. The zero-order valence-electron chi connectivity index (χ0n) is 16.8. The van der Waals surface area contributed by atoms with Crippen molar-refractivity contribution in [3.8, 4) is 17.6 Å². The Morgan fingerprint density at radius 1 is 0.867 bits per heavy atom. The fraction of sp³-hybridized carbons (Fsp3) is 0.200. The van der Waals surface area contributed by atoms with Crippen molar-refractivity contribution in [3.05, 3.63) is 94.0 Å².